The summed E-state index contributed by atoms with van der Waals surface area (Å²) in [4.78, 5) is 10.5. The smallest absolute Gasteiger partial charge is 0.123 e. The Labute approximate surface area is 89.3 Å². The maximum atomic E-state index is 10.5. The molecule has 0 N–H and O–H groups in total. The summed E-state index contributed by atoms with van der Waals surface area (Å²) in [5.74, 6) is 0.325. The topological polar surface area (TPSA) is 17.1 Å². The first-order chi connectivity index (χ1) is 6.85. The fourth-order valence-corrected chi connectivity index (χ4v) is 1.73. The molecule has 0 bridgehead atoms. The summed E-state index contributed by atoms with van der Waals surface area (Å²) in [6, 6.07) is 0. The van der Waals surface area contributed by atoms with Gasteiger partial charge in [-0.25, -0.2) is 0 Å². The Balaban J connectivity index is 3.08. The summed E-state index contributed by atoms with van der Waals surface area (Å²) in [5.41, 5.74) is 0. The summed E-state index contributed by atoms with van der Waals surface area (Å²) in [6.45, 7) is 4.34. The standard InChI is InChI=1S/C13H26O/c1-3-5-6-7-8-9-10-11-13(4-2)12-14/h12-13H,3-11H2,1-2H3. The molecule has 1 nitrogen and oxygen atoms in total. The van der Waals surface area contributed by atoms with E-state index in [1.807, 2.05) is 0 Å². The van der Waals surface area contributed by atoms with Gasteiger partial charge in [0.25, 0.3) is 0 Å². The summed E-state index contributed by atoms with van der Waals surface area (Å²) in [5, 5.41) is 0. The fourth-order valence-electron chi connectivity index (χ4n) is 1.73. The van der Waals surface area contributed by atoms with Gasteiger partial charge in [0.1, 0.15) is 6.29 Å². The van der Waals surface area contributed by atoms with Crippen LogP contribution in [0.5, 0.6) is 0 Å². The molecule has 0 aliphatic carbocycles. The van der Waals surface area contributed by atoms with Crippen molar-refractivity contribution in [3.8, 4) is 0 Å². The Hall–Kier alpha value is -0.330. The molecule has 1 unspecified atom stereocenters. The molecule has 1 atom stereocenters. The van der Waals surface area contributed by atoms with Gasteiger partial charge in [-0.1, -0.05) is 58.8 Å². The van der Waals surface area contributed by atoms with Gasteiger partial charge in [0, 0.05) is 5.92 Å². The van der Waals surface area contributed by atoms with Crippen molar-refractivity contribution in [2.24, 2.45) is 5.92 Å². The van der Waals surface area contributed by atoms with Crippen molar-refractivity contribution in [1.82, 2.24) is 0 Å². The molecule has 0 aliphatic rings. The molecule has 0 aromatic carbocycles. The number of rotatable bonds is 10. The van der Waals surface area contributed by atoms with Gasteiger partial charge in [0.05, 0.1) is 0 Å². The Kier molecular flexibility index (Phi) is 10.5. The second-order valence-electron chi connectivity index (χ2n) is 4.21. The number of aldehydes is 1. The Bertz CT molecular complexity index is 120. The van der Waals surface area contributed by atoms with Gasteiger partial charge in [0.2, 0.25) is 0 Å². The van der Waals surface area contributed by atoms with Crippen molar-refractivity contribution in [2.45, 2.75) is 71.6 Å². The highest BCUT2D eigenvalue weighted by Crippen LogP contribution is 2.13. The van der Waals surface area contributed by atoms with Gasteiger partial charge in [-0.15, -0.1) is 0 Å². The normalized spacial score (nSPS) is 12.7. The van der Waals surface area contributed by atoms with Crippen LogP contribution in [0.3, 0.4) is 0 Å². The number of carbonyl (C=O) groups excluding carboxylic acids is 1. The molecule has 14 heavy (non-hydrogen) atoms. The van der Waals surface area contributed by atoms with E-state index >= 15 is 0 Å². The second-order valence-corrected chi connectivity index (χ2v) is 4.21. The highest BCUT2D eigenvalue weighted by Gasteiger charge is 2.02. The van der Waals surface area contributed by atoms with E-state index in [1.165, 1.54) is 44.9 Å². The second kappa shape index (κ2) is 10.7. The van der Waals surface area contributed by atoms with Crippen LogP contribution in [0.4, 0.5) is 0 Å². The molecule has 0 fully saturated rings. The molecule has 0 aromatic heterocycles. The van der Waals surface area contributed by atoms with Gasteiger partial charge < -0.3 is 4.79 Å². The molecular formula is C13H26O. The Morgan fingerprint density at radius 1 is 0.929 bits per heavy atom. The molecule has 1 heteroatoms. The lowest BCUT2D eigenvalue weighted by molar-refractivity contribution is -0.111. The van der Waals surface area contributed by atoms with Crippen LogP contribution in [0, 0.1) is 5.92 Å². The quantitative estimate of drug-likeness (QED) is 0.377. The summed E-state index contributed by atoms with van der Waals surface area (Å²) in [6.07, 6.45) is 12.6. The molecule has 0 heterocycles. The molecule has 84 valence electrons. The van der Waals surface area contributed by atoms with Crippen LogP contribution in [0.15, 0.2) is 0 Å². The zero-order chi connectivity index (χ0) is 10.6. The van der Waals surface area contributed by atoms with Crippen LogP contribution >= 0.6 is 0 Å². The molecule has 0 amide bonds. The van der Waals surface area contributed by atoms with E-state index in [0.29, 0.717) is 5.92 Å². The van der Waals surface area contributed by atoms with Gasteiger partial charge in [-0.3, -0.25) is 0 Å². The fraction of sp³-hybridized carbons (Fsp3) is 0.923. The third kappa shape index (κ3) is 8.28. The van der Waals surface area contributed by atoms with Crippen LogP contribution in [-0.2, 0) is 4.79 Å². The number of hydrogen-bond acceptors (Lipinski definition) is 1. The number of hydrogen-bond donors (Lipinski definition) is 0. The van der Waals surface area contributed by atoms with Crippen LogP contribution in [0.2, 0.25) is 0 Å². The molecule has 0 aromatic rings. The lowest BCUT2D eigenvalue weighted by Crippen LogP contribution is -1.99. The minimum Gasteiger partial charge on any atom is -0.303 e. The Morgan fingerprint density at radius 2 is 1.50 bits per heavy atom. The molecule has 0 spiro atoms. The molecule has 0 saturated carbocycles. The van der Waals surface area contributed by atoms with Gasteiger partial charge in [-0.05, 0) is 12.8 Å². The van der Waals surface area contributed by atoms with Gasteiger partial charge in [0.15, 0.2) is 0 Å². The van der Waals surface area contributed by atoms with E-state index in [-0.39, 0.29) is 0 Å². The molecule has 0 rings (SSSR count). The third-order valence-electron chi connectivity index (χ3n) is 2.90. The van der Waals surface area contributed by atoms with Crippen molar-refractivity contribution in [1.29, 1.82) is 0 Å². The predicted octanol–water partition coefficient (Wildman–Crippen LogP) is 4.35. The maximum absolute atomic E-state index is 10.5. The van der Waals surface area contributed by atoms with Crippen molar-refractivity contribution < 1.29 is 4.79 Å². The SMILES string of the molecule is CCCCCCCCCC(C=O)CC. The zero-order valence-electron chi connectivity index (χ0n) is 9.93. The predicted molar refractivity (Wildman–Crippen MR) is 62.5 cm³/mol. The highest BCUT2D eigenvalue weighted by atomic mass is 16.1. The molecule has 0 saturated heterocycles. The highest BCUT2D eigenvalue weighted by molar-refractivity contribution is 5.53. The molecule has 0 radical (unpaired) electrons. The summed E-state index contributed by atoms with van der Waals surface area (Å²) in [7, 11) is 0. The first-order valence-corrected chi connectivity index (χ1v) is 6.30. The zero-order valence-corrected chi connectivity index (χ0v) is 9.93. The lowest BCUT2D eigenvalue weighted by Gasteiger charge is -2.06. The monoisotopic (exact) mass is 198 g/mol. The van der Waals surface area contributed by atoms with Crippen molar-refractivity contribution in [3.05, 3.63) is 0 Å². The summed E-state index contributed by atoms with van der Waals surface area (Å²) >= 11 is 0. The van der Waals surface area contributed by atoms with Gasteiger partial charge in [-0.2, -0.15) is 0 Å². The Morgan fingerprint density at radius 3 is 2.00 bits per heavy atom. The van der Waals surface area contributed by atoms with Crippen molar-refractivity contribution >= 4 is 6.29 Å². The molecule has 0 aliphatic heterocycles. The third-order valence-corrected chi connectivity index (χ3v) is 2.90. The maximum Gasteiger partial charge on any atom is 0.123 e. The lowest BCUT2D eigenvalue weighted by atomic mass is 9.99. The van der Waals surface area contributed by atoms with E-state index in [0.717, 1.165) is 19.1 Å². The molecular weight excluding hydrogens is 172 g/mol. The van der Waals surface area contributed by atoms with E-state index in [9.17, 15) is 4.79 Å². The van der Waals surface area contributed by atoms with E-state index in [2.05, 4.69) is 13.8 Å². The van der Waals surface area contributed by atoms with Crippen LogP contribution in [-0.4, -0.2) is 6.29 Å². The van der Waals surface area contributed by atoms with Crippen molar-refractivity contribution in [3.63, 3.8) is 0 Å². The van der Waals surface area contributed by atoms with E-state index in [1.54, 1.807) is 0 Å². The minimum absolute atomic E-state index is 0.325. The largest absolute Gasteiger partial charge is 0.303 e. The van der Waals surface area contributed by atoms with Crippen LogP contribution < -0.4 is 0 Å². The van der Waals surface area contributed by atoms with Crippen molar-refractivity contribution in [2.75, 3.05) is 0 Å². The van der Waals surface area contributed by atoms with E-state index in [4.69, 9.17) is 0 Å². The van der Waals surface area contributed by atoms with Crippen LogP contribution in [0.25, 0.3) is 0 Å². The van der Waals surface area contributed by atoms with Crippen LogP contribution in [0.1, 0.15) is 71.6 Å². The number of carbonyl (C=O) groups is 1. The van der Waals surface area contributed by atoms with E-state index < -0.39 is 0 Å². The average Bonchev–Trinajstić information content (AvgIpc) is 2.22. The first kappa shape index (κ1) is 13.7. The minimum atomic E-state index is 0.325. The number of unbranched alkanes of at least 4 members (excludes halogenated alkanes) is 6. The van der Waals surface area contributed by atoms with Gasteiger partial charge >= 0.3 is 0 Å². The first-order valence-electron chi connectivity index (χ1n) is 6.30. The average molecular weight is 198 g/mol. The summed E-state index contributed by atoms with van der Waals surface area (Å²) < 4.78 is 0.